The smallest absolute Gasteiger partial charge is 0.293 e. The first kappa shape index (κ1) is 21.0. The fourth-order valence-electron chi connectivity index (χ4n) is 4.19. The molecule has 1 aliphatic carbocycles. The summed E-state index contributed by atoms with van der Waals surface area (Å²) in [5.41, 5.74) is 0.226. The number of quaternary nitrogens is 1. The number of nitro benzene ring substituents is 1. The Morgan fingerprint density at radius 3 is 2.54 bits per heavy atom. The summed E-state index contributed by atoms with van der Waals surface area (Å²) in [6.45, 7) is 6.71. The maximum Gasteiger partial charge on any atom is 0.293 e. The van der Waals surface area contributed by atoms with E-state index in [2.05, 4.69) is 19.2 Å². The Morgan fingerprint density at radius 2 is 1.89 bits per heavy atom. The molecule has 0 amide bonds. The maximum absolute atomic E-state index is 12.9. The molecular formula is C19H31N4O4S+. The molecule has 0 unspecified atom stereocenters. The highest BCUT2D eigenvalue weighted by atomic mass is 32.2. The summed E-state index contributed by atoms with van der Waals surface area (Å²) in [4.78, 5) is 12.4. The summed E-state index contributed by atoms with van der Waals surface area (Å²) in [6, 6.07) is 4.41. The average molecular weight is 412 g/mol. The first-order valence-corrected chi connectivity index (χ1v) is 11.5. The van der Waals surface area contributed by atoms with E-state index >= 15 is 0 Å². The normalized spacial score (nSPS) is 27.5. The molecule has 1 saturated heterocycles. The van der Waals surface area contributed by atoms with E-state index in [9.17, 15) is 18.5 Å². The summed E-state index contributed by atoms with van der Waals surface area (Å²) in [5, 5.41) is 15.0. The highest BCUT2D eigenvalue weighted by Crippen LogP contribution is 2.35. The highest BCUT2D eigenvalue weighted by Gasteiger charge is 2.32. The Hall–Kier alpha value is -1.71. The maximum atomic E-state index is 12.9. The van der Waals surface area contributed by atoms with Crippen LogP contribution in [0, 0.1) is 22.0 Å². The van der Waals surface area contributed by atoms with Crippen LogP contribution in [-0.4, -0.2) is 56.9 Å². The van der Waals surface area contributed by atoms with E-state index in [0.717, 1.165) is 25.9 Å². The van der Waals surface area contributed by atoms with Crippen molar-refractivity contribution >= 4 is 21.4 Å². The Kier molecular flexibility index (Phi) is 6.26. The number of benzene rings is 1. The van der Waals surface area contributed by atoms with Crippen molar-refractivity contribution in [3.63, 3.8) is 0 Å². The van der Waals surface area contributed by atoms with E-state index in [4.69, 9.17) is 0 Å². The topological polar surface area (TPSA) is 97.0 Å². The van der Waals surface area contributed by atoms with Gasteiger partial charge in [0.05, 0.1) is 43.0 Å². The summed E-state index contributed by atoms with van der Waals surface area (Å²) in [7, 11) is -1.69. The number of piperazine rings is 1. The van der Waals surface area contributed by atoms with Crippen LogP contribution in [0.4, 0.5) is 11.4 Å². The van der Waals surface area contributed by atoms with E-state index in [1.165, 1.54) is 27.8 Å². The van der Waals surface area contributed by atoms with Gasteiger partial charge >= 0.3 is 0 Å². The van der Waals surface area contributed by atoms with Crippen LogP contribution in [0.3, 0.4) is 0 Å². The fourth-order valence-corrected chi connectivity index (χ4v) is 5.65. The van der Waals surface area contributed by atoms with Crippen LogP contribution in [0.1, 0.15) is 33.1 Å². The molecule has 2 aliphatic rings. The molecule has 0 aromatic heterocycles. The van der Waals surface area contributed by atoms with Gasteiger partial charge in [-0.25, -0.2) is 8.42 Å². The molecule has 0 spiro atoms. The van der Waals surface area contributed by atoms with Crippen molar-refractivity contribution in [2.75, 3.05) is 38.5 Å². The molecule has 0 radical (unpaired) electrons. The van der Waals surface area contributed by atoms with Crippen molar-refractivity contribution in [3.8, 4) is 0 Å². The van der Waals surface area contributed by atoms with E-state index < -0.39 is 14.9 Å². The van der Waals surface area contributed by atoms with Gasteiger partial charge in [0.15, 0.2) is 0 Å². The standard InChI is InChI=1S/C19H30N4O4S/c1-14-5-4-6-17(15(14)2)20-18-8-7-16(13-19(18)23(24)25)28(26,27)22-11-9-21(3)10-12-22/h7-8,13-15,17,20H,4-6,9-12H2,1-3H3/p+1/t14-,15+,17-/m0/s1. The molecule has 2 N–H and O–H groups in total. The first-order chi connectivity index (χ1) is 13.2. The third-order valence-electron chi connectivity index (χ3n) is 6.43. The Morgan fingerprint density at radius 1 is 1.21 bits per heavy atom. The number of nitrogens with one attached hydrogen (secondary N) is 2. The number of nitro groups is 1. The summed E-state index contributed by atoms with van der Waals surface area (Å²) < 4.78 is 27.3. The van der Waals surface area contributed by atoms with Gasteiger partial charge in [-0.15, -0.1) is 0 Å². The molecule has 28 heavy (non-hydrogen) atoms. The van der Waals surface area contributed by atoms with E-state index in [-0.39, 0.29) is 16.6 Å². The molecule has 2 fully saturated rings. The number of hydrogen-bond donors (Lipinski definition) is 2. The summed E-state index contributed by atoms with van der Waals surface area (Å²) in [6.07, 6.45) is 3.23. The minimum atomic E-state index is -3.72. The fraction of sp³-hybridized carbons (Fsp3) is 0.684. The van der Waals surface area contributed by atoms with Gasteiger partial charge in [0.25, 0.3) is 5.69 Å². The number of hydrogen-bond acceptors (Lipinski definition) is 5. The first-order valence-electron chi connectivity index (χ1n) is 10.1. The lowest BCUT2D eigenvalue weighted by atomic mass is 9.78. The van der Waals surface area contributed by atoms with Gasteiger partial charge in [-0.2, -0.15) is 4.31 Å². The summed E-state index contributed by atoms with van der Waals surface area (Å²) in [5.74, 6) is 0.967. The number of nitrogens with zero attached hydrogens (tertiary/aromatic N) is 2. The number of sulfonamides is 1. The molecule has 156 valence electrons. The zero-order valence-electron chi connectivity index (χ0n) is 16.8. The third-order valence-corrected chi connectivity index (χ3v) is 8.32. The Labute approximate surface area is 167 Å². The minimum Gasteiger partial charge on any atom is -0.376 e. The van der Waals surface area contributed by atoms with Crippen molar-refractivity contribution in [1.82, 2.24) is 4.31 Å². The van der Waals surface area contributed by atoms with Gasteiger partial charge < -0.3 is 10.2 Å². The molecule has 0 bridgehead atoms. The zero-order valence-corrected chi connectivity index (χ0v) is 17.7. The lowest BCUT2D eigenvalue weighted by Gasteiger charge is -2.35. The molecule has 9 heteroatoms. The van der Waals surface area contributed by atoms with Crippen LogP contribution in [0.2, 0.25) is 0 Å². The Bertz CT molecular complexity index is 821. The van der Waals surface area contributed by atoms with Gasteiger partial charge in [-0.1, -0.05) is 26.7 Å². The second kappa shape index (κ2) is 8.34. The zero-order chi connectivity index (χ0) is 20.5. The summed E-state index contributed by atoms with van der Waals surface area (Å²) >= 11 is 0. The van der Waals surface area contributed by atoms with Crippen molar-refractivity contribution in [3.05, 3.63) is 28.3 Å². The SMILES string of the molecule is C[C@H]1[C@@H](Nc2ccc(S(=O)(=O)N3CC[NH+](C)CC3)cc2[N+](=O)[O-])CCC[C@@H]1C. The molecular weight excluding hydrogens is 380 g/mol. The number of rotatable bonds is 5. The van der Waals surface area contributed by atoms with Crippen molar-refractivity contribution in [2.24, 2.45) is 11.8 Å². The molecule has 1 heterocycles. The predicted molar refractivity (Wildman–Crippen MR) is 108 cm³/mol. The van der Waals surface area contributed by atoms with E-state index in [1.807, 2.05) is 7.05 Å². The second-order valence-electron chi connectivity index (χ2n) is 8.32. The molecule has 1 aliphatic heterocycles. The highest BCUT2D eigenvalue weighted by molar-refractivity contribution is 7.89. The average Bonchev–Trinajstić information content (AvgIpc) is 2.66. The Balaban J connectivity index is 1.86. The lowest BCUT2D eigenvalue weighted by Crippen LogP contribution is -3.12. The molecule has 1 aromatic carbocycles. The number of likely N-dealkylation sites (N-methyl/N-ethyl adjacent to an activating group) is 1. The monoisotopic (exact) mass is 411 g/mol. The van der Waals surface area contributed by atoms with Gasteiger partial charge in [-0.3, -0.25) is 10.1 Å². The molecule has 8 nitrogen and oxygen atoms in total. The van der Waals surface area contributed by atoms with Crippen LogP contribution in [-0.2, 0) is 10.0 Å². The van der Waals surface area contributed by atoms with Gasteiger partial charge in [0.2, 0.25) is 10.0 Å². The third kappa shape index (κ3) is 4.31. The van der Waals surface area contributed by atoms with Crippen molar-refractivity contribution in [1.29, 1.82) is 0 Å². The van der Waals surface area contributed by atoms with Gasteiger partial charge in [0, 0.05) is 12.1 Å². The predicted octanol–water partition coefficient (Wildman–Crippen LogP) is 1.35. The van der Waals surface area contributed by atoms with Crippen LogP contribution in [0.5, 0.6) is 0 Å². The lowest BCUT2D eigenvalue weighted by molar-refractivity contribution is -0.883. The number of anilines is 1. The largest absolute Gasteiger partial charge is 0.376 e. The van der Waals surface area contributed by atoms with E-state index in [0.29, 0.717) is 30.6 Å². The molecule has 3 atom stereocenters. The van der Waals surface area contributed by atoms with Crippen LogP contribution in [0.15, 0.2) is 23.1 Å². The van der Waals surface area contributed by atoms with Crippen LogP contribution < -0.4 is 10.2 Å². The van der Waals surface area contributed by atoms with Crippen LogP contribution in [0.25, 0.3) is 0 Å². The molecule has 1 saturated carbocycles. The van der Waals surface area contributed by atoms with Gasteiger partial charge in [-0.05, 0) is 30.4 Å². The minimum absolute atomic E-state index is 0.00522. The quantitative estimate of drug-likeness (QED) is 0.563. The van der Waals surface area contributed by atoms with Gasteiger partial charge in [0.1, 0.15) is 5.69 Å². The van der Waals surface area contributed by atoms with Crippen LogP contribution >= 0.6 is 0 Å². The van der Waals surface area contributed by atoms with Crippen molar-refractivity contribution < 1.29 is 18.2 Å². The van der Waals surface area contributed by atoms with Crippen molar-refractivity contribution in [2.45, 2.75) is 44.0 Å². The second-order valence-corrected chi connectivity index (χ2v) is 10.3. The molecule has 1 aromatic rings. The van der Waals surface area contributed by atoms with E-state index in [1.54, 1.807) is 6.07 Å². The molecule has 3 rings (SSSR count).